The molecule has 0 spiro atoms. The highest BCUT2D eigenvalue weighted by Crippen LogP contribution is 2.08. The van der Waals surface area contributed by atoms with Crippen LogP contribution in [-0.2, 0) is 9.59 Å². The van der Waals surface area contributed by atoms with Gasteiger partial charge in [-0.1, -0.05) is 60.7 Å². The van der Waals surface area contributed by atoms with Gasteiger partial charge in [-0.15, -0.1) is 0 Å². The topological polar surface area (TPSA) is 51.2 Å². The van der Waals surface area contributed by atoms with Crippen molar-refractivity contribution in [1.29, 1.82) is 0 Å². The first kappa shape index (κ1) is 15.5. The average molecular weight is 268 g/mol. The fourth-order valence-electron chi connectivity index (χ4n) is 1.35. The Hall–Kier alpha value is -2.55. The van der Waals surface area contributed by atoms with Crippen LogP contribution in [-0.4, -0.2) is 17.3 Å². The van der Waals surface area contributed by atoms with E-state index in [1.807, 2.05) is 60.7 Å². The van der Waals surface area contributed by atoms with Crippen molar-refractivity contribution >= 4 is 17.3 Å². The van der Waals surface area contributed by atoms with Crippen LogP contribution >= 0.6 is 0 Å². The summed E-state index contributed by atoms with van der Waals surface area (Å²) >= 11 is 0. The lowest BCUT2D eigenvalue weighted by Gasteiger charge is -1.99. The van der Waals surface area contributed by atoms with E-state index in [1.54, 1.807) is 0 Å². The maximum atomic E-state index is 11.8. The Balaban J connectivity index is 0.000000286. The molecule has 0 heterocycles. The molecule has 0 amide bonds. The van der Waals surface area contributed by atoms with E-state index in [1.165, 1.54) is 13.8 Å². The van der Waals surface area contributed by atoms with Gasteiger partial charge < -0.3 is 0 Å². The molecular formula is C17H16O3. The molecule has 0 saturated carbocycles. The summed E-state index contributed by atoms with van der Waals surface area (Å²) in [5.74, 6) is -0.684. The molecule has 0 aromatic heterocycles. The lowest BCUT2D eigenvalue weighted by molar-refractivity contribution is -0.134. The van der Waals surface area contributed by atoms with Gasteiger partial charge in [0.2, 0.25) is 0 Å². The van der Waals surface area contributed by atoms with Gasteiger partial charge in [-0.25, -0.2) is 0 Å². The van der Waals surface area contributed by atoms with Gasteiger partial charge in [0.1, 0.15) is 0 Å². The van der Waals surface area contributed by atoms with Crippen LogP contribution in [0.15, 0.2) is 60.7 Å². The number of ketones is 3. The average Bonchev–Trinajstić information content (AvgIpc) is 2.49. The third-order valence-electron chi connectivity index (χ3n) is 2.57. The summed E-state index contributed by atoms with van der Waals surface area (Å²) in [6.45, 7) is 2.50. The van der Waals surface area contributed by atoms with Crippen LogP contribution in [0.2, 0.25) is 0 Å². The standard InChI is InChI=1S/C13H10O.C4H6O2/c14-13(11-7-3-1-4-8-11)12-9-5-2-6-10-12;1-3(5)4(2)6/h1-10H;1-2H3. The first-order valence-corrected chi connectivity index (χ1v) is 6.18. The molecule has 0 N–H and O–H groups in total. The van der Waals surface area contributed by atoms with Crippen molar-refractivity contribution in [2.75, 3.05) is 0 Å². The number of hydrogen-bond acceptors (Lipinski definition) is 3. The lowest BCUT2D eigenvalue weighted by atomic mass is 10.0. The van der Waals surface area contributed by atoms with Gasteiger partial charge in [0.15, 0.2) is 17.3 Å². The molecule has 0 atom stereocenters. The Morgan fingerprint density at radius 1 is 0.600 bits per heavy atom. The highest BCUT2D eigenvalue weighted by Gasteiger charge is 2.06. The first-order chi connectivity index (χ1) is 9.52. The third kappa shape index (κ3) is 4.98. The second-order valence-electron chi connectivity index (χ2n) is 4.17. The smallest absolute Gasteiger partial charge is 0.195 e. The molecular weight excluding hydrogens is 252 g/mol. The van der Waals surface area contributed by atoms with Crippen LogP contribution in [0.5, 0.6) is 0 Å². The van der Waals surface area contributed by atoms with Crippen LogP contribution in [0.3, 0.4) is 0 Å². The Bertz CT molecular complexity index is 533. The highest BCUT2D eigenvalue weighted by molar-refractivity contribution is 6.35. The summed E-state index contributed by atoms with van der Waals surface area (Å²) in [4.78, 5) is 31.4. The minimum atomic E-state index is -0.380. The summed E-state index contributed by atoms with van der Waals surface area (Å²) < 4.78 is 0. The van der Waals surface area contributed by atoms with Gasteiger partial charge in [0.25, 0.3) is 0 Å². The van der Waals surface area contributed by atoms with E-state index in [-0.39, 0.29) is 17.3 Å². The number of rotatable bonds is 3. The Labute approximate surface area is 118 Å². The molecule has 3 heteroatoms. The predicted molar refractivity (Wildman–Crippen MR) is 77.7 cm³/mol. The van der Waals surface area contributed by atoms with Crippen molar-refractivity contribution in [2.24, 2.45) is 0 Å². The number of carbonyl (C=O) groups excluding carboxylic acids is 3. The summed E-state index contributed by atoms with van der Waals surface area (Å²) in [5.41, 5.74) is 1.47. The molecule has 0 radical (unpaired) electrons. The summed E-state index contributed by atoms with van der Waals surface area (Å²) in [7, 11) is 0. The Morgan fingerprint density at radius 3 is 1.15 bits per heavy atom. The van der Waals surface area contributed by atoms with Crippen molar-refractivity contribution in [3.63, 3.8) is 0 Å². The van der Waals surface area contributed by atoms with Crippen LogP contribution in [0.4, 0.5) is 0 Å². The quantitative estimate of drug-likeness (QED) is 0.635. The molecule has 0 bridgehead atoms. The van der Waals surface area contributed by atoms with Crippen LogP contribution in [0.25, 0.3) is 0 Å². The van der Waals surface area contributed by atoms with Crippen molar-refractivity contribution in [3.05, 3.63) is 71.8 Å². The molecule has 0 unspecified atom stereocenters. The fraction of sp³-hybridized carbons (Fsp3) is 0.118. The largest absolute Gasteiger partial charge is 0.291 e. The third-order valence-corrected chi connectivity index (χ3v) is 2.57. The monoisotopic (exact) mass is 268 g/mol. The van der Waals surface area contributed by atoms with Gasteiger partial charge >= 0.3 is 0 Å². The molecule has 0 saturated heterocycles. The molecule has 2 aromatic carbocycles. The molecule has 0 fully saturated rings. The second kappa shape index (κ2) is 7.79. The van der Waals surface area contributed by atoms with Gasteiger partial charge in [-0.3, -0.25) is 14.4 Å². The van der Waals surface area contributed by atoms with Gasteiger partial charge in [-0.05, 0) is 0 Å². The van der Waals surface area contributed by atoms with Crippen molar-refractivity contribution in [2.45, 2.75) is 13.8 Å². The van der Waals surface area contributed by atoms with Crippen LogP contribution in [0.1, 0.15) is 29.8 Å². The second-order valence-corrected chi connectivity index (χ2v) is 4.17. The highest BCUT2D eigenvalue weighted by atomic mass is 16.2. The summed E-state index contributed by atoms with van der Waals surface area (Å²) in [6, 6.07) is 18.6. The van der Waals surface area contributed by atoms with E-state index in [9.17, 15) is 14.4 Å². The number of Topliss-reactive ketones (excluding diaryl/α,β-unsaturated/α-hetero) is 2. The maximum Gasteiger partial charge on any atom is 0.195 e. The summed E-state index contributed by atoms with van der Waals surface area (Å²) in [6.07, 6.45) is 0. The van der Waals surface area contributed by atoms with Crippen LogP contribution < -0.4 is 0 Å². The minimum Gasteiger partial charge on any atom is -0.291 e. The SMILES string of the molecule is CC(=O)C(C)=O.O=C(c1ccccc1)c1ccccc1. The maximum absolute atomic E-state index is 11.8. The number of carbonyl (C=O) groups is 3. The zero-order valence-corrected chi connectivity index (χ0v) is 11.5. The molecule has 0 aliphatic carbocycles. The predicted octanol–water partition coefficient (Wildman–Crippen LogP) is 3.08. The lowest BCUT2D eigenvalue weighted by Crippen LogP contribution is -2.01. The van der Waals surface area contributed by atoms with Crippen molar-refractivity contribution in [3.8, 4) is 0 Å². The first-order valence-electron chi connectivity index (χ1n) is 6.18. The van der Waals surface area contributed by atoms with E-state index in [0.717, 1.165) is 11.1 Å². The van der Waals surface area contributed by atoms with E-state index in [0.29, 0.717) is 0 Å². The Morgan fingerprint density at radius 2 is 0.900 bits per heavy atom. The van der Waals surface area contributed by atoms with Crippen LogP contribution in [0, 0.1) is 0 Å². The summed E-state index contributed by atoms with van der Waals surface area (Å²) in [5, 5.41) is 0. The van der Waals surface area contributed by atoms with Crippen molar-refractivity contribution in [1.82, 2.24) is 0 Å². The van der Waals surface area contributed by atoms with E-state index < -0.39 is 0 Å². The zero-order valence-electron chi connectivity index (χ0n) is 11.5. The molecule has 2 rings (SSSR count). The van der Waals surface area contributed by atoms with E-state index in [4.69, 9.17) is 0 Å². The number of benzene rings is 2. The molecule has 3 nitrogen and oxygen atoms in total. The Kier molecular flexibility index (Phi) is 6.04. The van der Waals surface area contributed by atoms with Crippen molar-refractivity contribution < 1.29 is 14.4 Å². The van der Waals surface area contributed by atoms with E-state index >= 15 is 0 Å². The zero-order chi connectivity index (χ0) is 15.0. The van der Waals surface area contributed by atoms with Gasteiger partial charge in [-0.2, -0.15) is 0 Å². The molecule has 2 aromatic rings. The fourth-order valence-corrected chi connectivity index (χ4v) is 1.35. The minimum absolute atomic E-state index is 0.0752. The van der Waals surface area contributed by atoms with E-state index in [2.05, 4.69) is 0 Å². The molecule has 20 heavy (non-hydrogen) atoms. The normalized spacial score (nSPS) is 9.10. The number of hydrogen-bond donors (Lipinski definition) is 0. The van der Waals surface area contributed by atoms with Gasteiger partial charge in [0, 0.05) is 25.0 Å². The molecule has 0 aliphatic heterocycles. The molecule has 102 valence electrons. The van der Waals surface area contributed by atoms with Gasteiger partial charge in [0.05, 0.1) is 0 Å². The molecule has 0 aliphatic rings.